The monoisotopic (exact) mass is 437 g/mol. The molecule has 2 aromatic carbocycles. The summed E-state index contributed by atoms with van der Waals surface area (Å²) in [6.45, 7) is 4.01. The number of nitrogens with zero attached hydrogens (tertiary/aromatic N) is 2. The molecule has 0 amide bonds. The molecule has 0 saturated carbocycles. The SMILES string of the molecule is CC(C)c1nc(-c2ccccc2)n(-c2ccc(F)cc2)c1/C=C/[C@@H](O)C[C@@H](O)CC(=O)[O-]. The van der Waals surface area contributed by atoms with E-state index in [0.29, 0.717) is 17.2 Å². The number of hydrogen-bond donors (Lipinski definition) is 2. The van der Waals surface area contributed by atoms with E-state index in [1.54, 1.807) is 18.2 Å². The fraction of sp³-hybridized carbons (Fsp3) is 0.280. The van der Waals surface area contributed by atoms with E-state index in [9.17, 15) is 24.5 Å². The molecule has 0 aliphatic rings. The van der Waals surface area contributed by atoms with Gasteiger partial charge in [0.1, 0.15) is 11.6 Å². The predicted molar refractivity (Wildman–Crippen MR) is 118 cm³/mol. The molecular weight excluding hydrogens is 411 g/mol. The van der Waals surface area contributed by atoms with E-state index in [-0.39, 0.29) is 18.2 Å². The van der Waals surface area contributed by atoms with Crippen molar-refractivity contribution in [3.63, 3.8) is 0 Å². The molecule has 0 aliphatic carbocycles. The van der Waals surface area contributed by atoms with Crippen molar-refractivity contribution in [2.24, 2.45) is 0 Å². The standard InChI is InChI=1S/C25H27FN2O4/c1-16(2)24-22(13-12-20(29)14-21(30)15-23(31)32)28(19-10-8-18(26)9-11-19)25(27-24)17-6-4-3-5-7-17/h3-13,16,20-21,29-30H,14-15H2,1-2H3,(H,31,32)/p-1/b13-12+/t20-,21-/m1/s1. The first-order valence-electron chi connectivity index (χ1n) is 10.4. The Kier molecular flexibility index (Phi) is 7.56. The number of carboxylic acids is 1. The topological polar surface area (TPSA) is 98.4 Å². The number of aromatic nitrogens is 2. The van der Waals surface area contributed by atoms with Crippen molar-refractivity contribution in [3.05, 3.63) is 77.9 Å². The molecule has 1 aromatic heterocycles. The van der Waals surface area contributed by atoms with E-state index in [1.807, 2.05) is 48.7 Å². The van der Waals surface area contributed by atoms with E-state index < -0.39 is 24.6 Å². The second kappa shape index (κ2) is 10.3. The quantitative estimate of drug-likeness (QED) is 0.536. The van der Waals surface area contributed by atoms with E-state index in [4.69, 9.17) is 4.98 Å². The highest BCUT2D eigenvalue weighted by Crippen LogP contribution is 2.31. The van der Waals surface area contributed by atoms with Crippen LogP contribution in [-0.4, -0.2) is 37.9 Å². The number of aliphatic carboxylic acids is 1. The van der Waals surface area contributed by atoms with Crippen LogP contribution >= 0.6 is 0 Å². The molecule has 168 valence electrons. The van der Waals surface area contributed by atoms with Crippen molar-refractivity contribution in [2.75, 3.05) is 0 Å². The summed E-state index contributed by atoms with van der Waals surface area (Å²) in [6, 6.07) is 15.7. The first-order valence-corrected chi connectivity index (χ1v) is 10.4. The molecule has 6 nitrogen and oxygen atoms in total. The Morgan fingerprint density at radius 2 is 1.78 bits per heavy atom. The smallest absolute Gasteiger partial charge is 0.145 e. The number of rotatable bonds is 9. The van der Waals surface area contributed by atoms with Crippen LogP contribution in [0.15, 0.2) is 60.7 Å². The molecule has 3 aromatic rings. The average Bonchev–Trinajstić information content (AvgIpc) is 3.12. The Morgan fingerprint density at radius 1 is 1.12 bits per heavy atom. The summed E-state index contributed by atoms with van der Waals surface area (Å²) in [4.78, 5) is 15.5. The Bertz CT molecular complexity index is 1080. The van der Waals surface area contributed by atoms with E-state index in [1.165, 1.54) is 18.2 Å². The third kappa shape index (κ3) is 5.69. The molecule has 0 spiro atoms. The van der Waals surface area contributed by atoms with E-state index >= 15 is 0 Å². The fourth-order valence-electron chi connectivity index (χ4n) is 3.50. The molecule has 32 heavy (non-hydrogen) atoms. The Morgan fingerprint density at radius 3 is 2.38 bits per heavy atom. The number of benzene rings is 2. The number of hydrogen-bond acceptors (Lipinski definition) is 5. The van der Waals surface area contributed by atoms with Gasteiger partial charge in [-0.2, -0.15) is 0 Å². The molecule has 0 bridgehead atoms. The van der Waals surface area contributed by atoms with Gasteiger partial charge in [0.2, 0.25) is 0 Å². The van der Waals surface area contributed by atoms with Crippen LogP contribution in [0.4, 0.5) is 4.39 Å². The zero-order valence-electron chi connectivity index (χ0n) is 18.0. The predicted octanol–water partition coefficient (Wildman–Crippen LogP) is 3.07. The van der Waals surface area contributed by atoms with E-state index in [2.05, 4.69) is 0 Å². The van der Waals surface area contributed by atoms with Gasteiger partial charge in [-0.05, 0) is 36.3 Å². The minimum Gasteiger partial charge on any atom is -0.550 e. The summed E-state index contributed by atoms with van der Waals surface area (Å²) in [5.41, 5.74) is 3.07. The maximum atomic E-state index is 13.6. The minimum atomic E-state index is -1.38. The van der Waals surface area contributed by atoms with Gasteiger partial charge in [-0.15, -0.1) is 0 Å². The second-order valence-corrected chi connectivity index (χ2v) is 7.93. The summed E-state index contributed by atoms with van der Waals surface area (Å²) < 4.78 is 15.5. The normalized spacial score (nSPS) is 13.6. The molecule has 1 heterocycles. The van der Waals surface area contributed by atoms with E-state index in [0.717, 1.165) is 11.3 Å². The largest absolute Gasteiger partial charge is 0.550 e. The minimum absolute atomic E-state index is 0.0552. The molecule has 2 N–H and O–H groups in total. The molecule has 0 fully saturated rings. The highest BCUT2D eigenvalue weighted by Gasteiger charge is 2.20. The van der Waals surface area contributed by atoms with Crippen LogP contribution in [0.5, 0.6) is 0 Å². The van der Waals surface area contributed by atoms with Crippen molar-refractivity contribution in [1.29, 1.82) is 0 Å². The Balaban J connectivity index is 2.08. The van der Waals surface area contributed by atoms with Gasteiger partial charge in [0.15, 0.2) is 0 Å². The highest BCUT2D eigenvalue weighted by molar-refractivity contribution is 5.66. The molecule has 2 atom stereocenters. The summed E-state index contributed by atoms with van der Waals surface area (Å²) in [5.74, 6) is -1.00. The van der Waals surface area contributed by atoms with Crippen molar-refractivity contribution < 1.29 is 24.5 Å². The van der Waals surface area contributed by atoms with Crippen LogP contribution in [0, 0.1) is 5.82 Å². The van der Waals surface area contributed by atoms with Crippen molar-refractivity contribution in [2.45, 2.75) is 44.8 Å². The fourth-order valence-corrected chi connectivity index (χ4v) is 3.50. The van der Waals surface area contributed by atoms with Crippen molar-refractivity contribution in [3.8, 4) is 17.1 Å². The van der Waals surface area contributed by atoms with Crippen LogP contribution in [-0.2, 0) is 4.79 Å². The molecule has 0 unspecified atom stereocenters. The summed E-state index contributed by atoms with van der Waals surface area (Å²) in [6.07, 6.45) is 0.225. The van der Waals surface area contributed by atoms with Crippen LogP contribution in [0.1, 0.15) is 44.0 Å². The van der Waals surface area contributed by atoms with Gasteiger partial charge < -0.3 is 20.1 Å². The maximum absolute atomic E-state index is 13.6. The lowest BCUT2D eigenvalue weighted by atomic mass is 10.1. The van der Waals surface area contributed by atoms with Crippen LogP contribution in [0.2, 0.25) is 0 Å². The van der Waals surface area contributed by atoms with Gasteiger partial charge in [-0.25, -0.2) is 9.37 Å². The van der Waals surface area contributed by atoms with Gasteiger partial charge in [0.25, 0.3) is 0 Å². The number of carbonyl (C=O) groups is 1. The first kappa shape index (κ1) is 23.4. The number of carboxylic acid groups (broad SMARTS) is 1. The number of aliphatic hydroxyl groups excluding tert-OH is 2. The third-order valence-corrected chi connectivity index (χ3v) is 5.00. The summed E-state index contributed by atoms with van der Waals surface area (Å²) >= 11 is 0. The lowest BCUT2D eigenvalue weighted by molar-refractivity contribution is -0.307. The van der Waals surface area contributed by atoms with Gasteiger partial charge in [0.05, 0.1) is 23.6 Å². The number of carbonyl (C=O) groups excluding carboxylic acids is 1. The van der Waals surface area contributed by atoms with Gasteiger partial charge in [0, 0.05) is 30.1 Å². The third-order valence-electron chi connectivity index (χ3n) is 5.00. The summed E-state index contributed by atoms with van der Waals surface area (Å²) in [5, 5.41) is 30.7. The molecule has 0 aliphatic heterocycles. The zero-order chi connectivity index (χ0) is 23.3. The lowest BCUT2D eigenvalue weighted by Crippen LogP contribution is -2.29. The maximum Gasteiger partial charge on any atom is 0.145 e. The lowest BCUT2D eigenvalue weighted by Gasteiger charge is -2.14. The highest BCUT2D eigenvalue weighted by atomic mass is 19.1. The first-order chi connectivity index (χ1) is 15.3. The van der Waals surface area contributed by atoms with Crippen LogP contribution in [0.25, 0.3) is 23.2 Å². The molecular formula is C25H26FN2O4-. The number of halogens is 1. The molecule has 3 rings (SSSR count). The van der Waals surface area contributed by atoms with Crippen LogP contribution in [0.3, 0.4) is 0 Å². The summed E-state index contributed by atoms with van der Waals surface area (Å²) in [7, 11) is 0. The van der Waals surface area contributed by atoms with Crippen molar-refractivity contribution in [1.82, 2.24) is 9.55 Å². The Labute approximate surface area is 186 Å². The molecule has 7 heteroatoms. The molecule has 0 saturated heterocycles. The zero-order valence-corrected chi connectivity index (χ0v) is 18.0. The number of imidazole rings is 1. The average molecular weight is 437 g/mol. The second-order valence-electron chi connectivity index (χ2n) is 7.93. The van der Waals surface area contributed by atoms with Gasteiger partial charge in [-0.3, -0.25) is 4.57 Å². The van der Waals surface area contributed by atoms with Crippen molar-refractivity contribution >= 4 is 12.0 Å². The Hall–Kier alpha value is -3.29. The van der Waals surface area contributed by atoms with Gasteiger partial charge in [-0.1, -0.05) is 50.3 Å². The number of aliphatic hydroxyl groups is 2. The van der Waals surface area contributed by atoms with Crippen LogP contribution < -0.4 is 5.11 Å². The van der Waals surface area contributed by atoms with Gasteiger partial charge >= 0.3 is 0 Å². The molecule has 0 radical (unpaired) electrons.